The Balaban J connectivity index is 1.23. The number of alkyl halides is 3. The lowest BCUT2D eigenvalue weighted by molar-refractivity contribution is -0.137. The first-order valence-corrected chi connectivity index (χ1v) is 14.6. The van der Waals surface area contributed by atoms with E-state index in [-0.39, 0.29) is 12.1 Å². The van der Waals surface area contributed by atoms with Crippen molar-refractivity contribution in [3.05, 3.63) is 105 Å². The third-order valence-corrected chi connectivity index (χ3v) is 8.11. The van der Waals surface area contributed by atoms with Crippen molar-refractivity contribution >= 4 is 34.3 Å². The minimum absolute atomic E-state index is 0.0818. The molecule has 1 aromatic heterocycles. The van der Waals surface area contributed by atoms with Crippen LogP contribution in [0.5, 0.6) is 0 Å². The number of amides is 2. The molecule has 1 aliphatic rings. The number of rotatable bonds is 7. The van der Waals surface area contributed by atoms with Gasteiger partial charge in [0.2, 0.25) is 0 Å². The monoisotopic (exact) mass is 673 g/mol. The zero-order valence-electron chi connectivity index (χ0n) is 22.6. The van der Waals surface area contributed by atoms with Crippen molar-refractivity contribution in [3.8, 4) is 11.4 Å². The van der Waals surface area contributed by atoms with E-state index in [0.717, 1.165) is 64.3 Å². The molecule has 4 aromatic rings. The Morgan fingerprint density at radius 1 is 1.02 bits per heavy atom. The number of benzene rings is 3. The van der Waals surface area contributed by atoms with Gasteiger partial charge in [-0.25, -0.2) is 9.78 Å². The van der Waals surface area contributed by atoms with Gasteiger partial charge in [-0.3, -0.25) is 4.90 Å². The molecule has 0 spiro atoms. The molecule has 1 saturated heterocycles. The number of nitrogens with one attached hydrogen (secondary N) is 2. The summed E-state index contributed by atoms with van der Waals surface area (Å²) < 4.78 is 39.9. The van der Waals surface area contributed by atoms with Crippen LogP contribution >= 0.6 is 22.6 Å². The molecule has 0 aliphatic carbocycles. The minimum atomic E-state index is -4.37. The van der Waals surface area contributed by atoms with Crippen molar-refractivity contribution < 1.29 is 18.0 Å². The highest BCUT2D eigenvalue weighted by molar-refractivity contribution is 14.1. The second kappa shape index (κ2) is 12.6. The molecule has 41 heavy (non-hydrogen) atoms. The van der Waals surface area contributed by atoms with Gasteiger partial charge in [0, 0.05) is 52.7 Å². The van der Waals surface area contributed by atoms with Gasteiger partial charge in [0.05, 0.1) is 11.3 Å². The normalized spacial score (nSPS) is 14.7. The molecule has 0 radical (unpaired) electrons. The fraction of sp³-hybridized carbons (Fsp3) is 0.290. The summed E-state index contributed by atoms with van der Waals surface area (Å²) >= 11 is 2.24. The zero-order chi connectivity index (χ0) is 29.0. The summed E-state index contributed by atoms with van der Waals surface area (Å²) in [6.07, 6.45) is -2.73. The lowest BCUT2D eigenvalue weighted by Gasteiger charge is -2.38. The smallest absolute Gasteiger partial charge is 0.342 e. The summed E-state index contributed by atoms with van der Waals surface area (Å²) in [4.78, 5) is 25.6. The van der Waals surface area contributed by atoms with E-state index in [1.165, 1.54) is 12.1 Å². The summed E-state index contributed by atoms with van der Waals surface area (Å²) in [6, 6.07) is 22.8. The Bertz CT molecular complexity index is 1450. The first-order chi connectivity index (χ1) is 19.7. The number of imidazole rings is 1. The van der Waals surface area contributed by atoms with Crippen molar-refractivity contribution in [2.24, 2.45) is 0 Å². The molecule has 0 atom stereocenters. The lowest BCUT2D eigenvalue weighted by atomic mass is 10.0. The molecule has 0 unspecified atom stereocenters. The Morgan fingerprint density at radius 3 is 2.32 bits per heavy atom. The Morgan fingerprint density at radius 2 is 1.68 bits per heavy atom. The number of H-pyrrole nitrogens is 1. The molecule has 5 rings (SSSR count). The number of hydrogen-bond acceptors (Lipinski definition) is 3. The van der Waals surface area contributed by atoms with E-state index in [0.29, 0.717) is 24.5 Å². The topological polar surface area (TPSA) is 64.3 Å². The first kappa shape index (κ1) is 29.1. The maximum Gasteiger partial charge on any atom is 0.416 e. The maximum absolute atomic E-state index is 13.5. The predicted molar refractivity (Wildman–Crippen MR) is 162 cm³/mol. The molecule has 2 heterocycles. The van der Waals surface area contributed by atoms with E-state index in [2.05, 4.69) is 37.8 Å². The Hall–Kier alpha value is -3.38. The van der Waals surface area contributed by atoms with Crippen molar-refractivity contribution in [1.29, 1.82) is 0 Å². The van der Waals surface area contributed by atoms with Crippen LogP contribution in [-0.4, -0.2) is 44.9 Å². The molecular formula is C31H31F3IN5O. The van der Waals surface area contributed by atoms with Crippen molar-refractivity contribution in [2.45, 2.75) is 45.1 Å². The van der Waals surface area contributed by atoms with Gasteiger partial charge in [-0.05, 0) is 84.3 Å². The van der Waals surface area contributed by atoms with Crippen LogP contribution in [0.3, 0.4) is 0 Å². The lowest BCUT2D eigenvalue weighted by Crippen LogP contribution is -2.48. The fourth-order valence-corrected chi connectivity index (χ4v) is 5.44. The van der Waals surface area contributed by atoms with Gasteiger partial charge < -0.3 is 15.2 Å². The van der Waals surface area contributed by atoms with Crippen molar-refractivity contribution in [1.82, 2.24) is 19.8 Å². The van der Waals surface area contributed by atoms with E-state index in [1.807, 2.05) is 66.4 Å². The molecule has 0 bridgehead atoms. The number of likely N-dealkylation sites (tertiary alicyclic amines) is 1. The van der Waals surface area contributed by atoms with Gasteiger partial charge in [-0.1, -0.05) is 42.5 Å². The van der Waals surface area contributed by atoms with Gasteiger partial charge in [0.1, 0.15) is 5.82 Å². The third-order valence-electron chi connectivity index (χ3n) is 7.39. The molecule has 6 nitrogen and oxygen atoms in total. The molecule has 10 heteroatoms. The molecule has 1 fully saturated rings. The highest BCUT2D eigenvalue weighted by Crippen LogP contribution is 2.31. The Labute approximate surface area is 251 Å². The fourth-order valence-electron chi connectivity index (χ4n) is 5.08. The second-order valence-electron chi connectivity index (χ2n) is 10.3. The highest BCUT2D eigenvalue weighted by Gasteiger charge is 2.31. The number of carbonyl (C=O) groups is 1. The molecule has 2 N–H and O–H groups in total. The van der Waals surface area contributed by atoms with E-state index in [4.69, 9.17) is 4.98 Å². The number of aryl methyl sites for hydroxylation is 1. The van der Waals surface area contributed by atoms with Gasteiger partial charge in [-0.15, -0.1) is 0 Å². The number of urea groups is 1. The zero-order valence-corrected chi connectivity index (χ0v) is 24.7. The number of piperidine rings is 1. The van der Waals surface area contributed by atoms with Crippen LogP contribution in [0.15, 0.2) is 78.9 Å². The van der Waals surface area contributed by atoms with Crippen LogP contribution in [0.2, 0.25) is 0 Å². The number of aromatic nitrogens is 2. The number of halogens is 4. The summed E-state index contributed by atoms with van der Waals surface area (Å²) in [6.45, 7) is 4.68. The van der Waals surface area contributed by atoms with Gasteiger partial charge in [0.25, 0.3) is 0 Å². The predicted octanol–water partition coefficient (Wildman–Crippen LogP) is 7.71. The molecule has 0 saturated carbocycles. The average molecular weight is 674 g/mol. The molecule has 1 aliphatic heterocycles. The van der Waals surface area contributed by atoms with Crippen LogP contribution in [0, 0.1) is 10.5 Å². The first-order valence-electron chi connectivity index (χ1n) is 13.5. The number of anilines is 1. The van der Waals surface area contributed by atoms with Gasteiger partial charge >= 0.3 is 12.2 Å². The van der Waals surface area contributed by atoms with Gasteiger partial charge in [-0.2, -0.15) is 13.2 Å². The Kier molecular flexibility index (Phi) is 8.98. The van der Waals surface area contributed by atoms with E-state index in [1.54, 1.807) is 0 Å². The third kappa shape index (κ3) is 7.48. The highest BCUT2D eigenvalue weighted by atomic mass is 127. The summed E-state index contributed by atoms with van der Waals surface area (Å²) in [5.41, 5.74) is 3.54. The number of carbonyl (C=O) groups excluding carboxylic acids is 1. The van der Waals surface area contributed by atoms with E-state index >= 15 is 0 Å². The quantitative estimate of drug-likeness (QED) is 0.198. The number of hydrogen-bond donors (Lipinski definition) is 2. The van der Waals surface area contributed by atoms with Crippen molar-refractivity contribution in [3.63, 3.8) is 0 Å². The van der Waals surface area contributed by atoms with Crippen LogP contribution in [-0.2, 0) is 19.3 Å². The van der Waals surface area contributed by atoms with Crippen LogP contribution in [0.1, 0.15) is 35.4 Å². The number of aromatic amines is 1. The second-order valence-corrected chi connectivity index (χ2v) is 11.5. The van der Waals surface area contributed by atoms with E-state index < -0.39 is 11.7 Å². The van der Waals surface area contributed by atoms with Crippen LogP contribution in [0.25, 0.3) is 11.4 Å². The van der Waals surface area contributed by atoms with Gasteiger partial charge in [0.15, 0.2) is 0 Å². The van der Waals surface area contributed by atoms with E-state index in [9.17, 15) is 18.0 Å². The SMILES string of the molecule is Cc1[nH]c(-c2ccc(C(F)(F)F)cc2)nc1CN1CCC(N(Cc2ccccc2)C(=O)Nc2ccc(I)cc2)CC1. The maximum atomic E-state index is 13.5. The number of nitrogens with zero attached hydrogens (tertiary/aromatic N) is 3. The molecular weight excluding hydrogens is 642 g/mol. The summed E-state index contributed by atoms with van der Waals surface area (Å²) in [5.74, 6) is 0.558. The summed E-state index contributed by atoms with van der Waals surface area (Å²) in [5, 5.41) is 3.07. The molecule has 3 aromatic carbocycles. The molecule has 214 valence electrons. The molecule has 2 amide bonds. The largest absolute Gasteiger partial charge is 0.416 e. The van der Waals surface area contributed by atoms with Crippen LogP contribution < -0.4 is 5.32 Å². The standard InChI is InChI=1S/C31H31F3IN5O/c1-21-28(38-29(36-21)23-7-9-24(10-8-23)31(32,33)34)20-39-17-15-27(16-18-39)40(19-22-5-3-2-4-6-22)30(41)37-26-13-11-25(35)12-14-26/h2-14,27H,15-20H2,1H3,(H,36,38)(H,37,41). The minimum Gasteiger partial charge on any atom is -0.342 e. The van der Waals surface area contributed by atoms with Crippen LogP contribution in [0.4, 0.5) is 23.7 Å². The van der Waals surface area contributed by atoms with Crippen molar-refractivity contribution in [2.75, 3.05) is 18.4 Å². The average Bonchev–Trinajstić information content (AvgIpc) is 3.33. The summed E-state index contributed by atoms with van der Waals surface area (Å²) in [7, 11) is 0.